The van der Waals surface area contributed by atoms with E-state index in [2.05, 4.69) is 39.0 Å². The van der Waals surface area contributed by atoms with E-state index in [0.717, 1.165) is 22.3 Å². The Morgan fingerprint density at radius 3 is 2.12 bits per heavy atom. The molecular formula is C35H43NO6. The summed E-state index contributed by atoms with van der Waals surface area (Å²) in [5, 5.41) is 0. The lowest BCUT2D eigenvalue weighted by molar-refractivity contribution is -0.151. The summed E-state index contributed by atoms with van der Waals surface area (Å²) in [7, 11) is 1.64. The molecule has 0 saturated carbocycles. The number of nitrogens with zero attached hydrogens (tertiary/aromatic N) is 1. The number of ether oxygens (including phenoxy) is 4. The summed E-state index contributed by atoms with van der Waals surface area (Å²) in [6.07, 6.45) is -1.48. The van der Waals surface area contributed by atoms with E-state index in [1.165, 1.54) is 0 Å². The predicted octanol–water partition coefficient (Wildman–Crippen LogP) is 7.44. The maximum absolute atomic E-state index is 13.8. The maximum Gasteiger partial charge on any atom is 0.411 e. The molecule has 0 unspecified atom stereocenters. The second-order valence-electron chi connectivity index (χ2n) is 12.0. The monoisotopic (exact) mass is 573 g/mol. The molecule has 1 aliphatic heterocycles. The number of rotatable bonds is 9. The van der Waals surface area contributed by atoms with Crippen LogP contribution in [-0.4, -0.2) is 48.9 Å². The fourth-order valence-corrected chi connectivity index (χ4v) is 5.91. The van der Waals surface area contributed by atoms with Crippen molar-refractivity contribution in [1.29, 1.82) is 0 Å². The average Bonchev–Trinajstić information content (AvgIpc) is 3.33. The van der Waals surface area contributed by atoms with Crippen molar-refractivity contribution < 1.29 is 28.5 Å². The van der Waals surface area contributed by atoms with Crippen molar-refractivity contribution in [2.75, 3.05) is 13.7 Å². The minimum absolute atomic E-state index is 0.199. The lowest BCUT2D eigenvalue weighted by Gasteiger charge is -2.35. The molecular weight excluding hydrogens is 530 g/mol. The van der Waals surface area contributed by atoms with E-state index in [-0.39, 0.29) is 19.3 Å². The zero-order valence-corrected chi connectivity index (χ0v) is 25.7. The maximum atomic E-state index is 13.8. The Hall–Kier alpha value is -3.84. The van der Waals surface area contributed by atoms with Gasteiger partial charge in [-0.25, -0.2) is 9.59 Å². The van der Waals surface area contributed by atoms with Gasteiger partial charge in [-0.3, -0.25) is 4.90 Å². The highest BCUT2D eigenvalue weighted by Gasteiger charge is 2.59. The Morgan fingerprint density at radius 1 is 0.905 bits per heavy atom. The molecule has 1 amide bonds. The van der Waals surface area contributed by atoms with Crippen LogP contribution in [0.1, 0.15) is 58.7 Å². The summed E-state index contributed by atoms with van der Waals surface area (Å²) < 4.78 is 23.8. The summed E-state index contributed by atoms with van der Waals surface area (Å²) in [5.41, 5.74) is 3.42. The van der Waals surface area contributed by atoms with E-state index < -0.39 is 41.6 Å². The smallest absolute Gasteiger partial charge is 0.411 e. The SMILES string of the molecule is CCOC(=O)[C@@H]1[C@@H](C(C)(C)C)[C@H](OCc2cc(-c3ccccc3)ccc2OC)[C@H](c2ccccc2)N1C(=O)OC(C)C. The molecule has 7 nitrogen and oxygen atoms in total. The fraction of sp³-hybridized carbons (Fsp3) is 0.429. The lowest BCUT2D eigenvalue weighted by atomic mass is 9.73. The standard InChI is InChI=1S/C35H43NO6/c1-8-40-33(37)31-29(35(4,5)6)32(30(25-17-13-10-14-18-25)36(31)34(38)42-23(2)3)41-22-27-21-26(19-20-28(27)39-7)24-15-11-9-12-16-24/h9-21,23,29-32H,8,22H2,1-7H3/t29-,30+,31+,32+/m1/s1. The van der Waals surface area contributed by atoms with Crippen LogP contribution in [0.25, 0.3) is 11.1 Å². The number of likely N-dealkylation sites (tertiary alicyclic amines) is 1. The van der Waals surface area contributed by atoms with Gasteiger partial charge < -0.3 is 18.9 Å². The average molecular weight is 574 g/mol. The lowest BCUT2D eigenvalue weighted by Crippen LogP contribution is -2.48. The first-order chi connectivity index (χ1) is 20.1. The van der Waals surface area contributed by atoms with E-state index >= 15 is 0 Å². The number of hydrogen-bond donors (Lipinski definition) is 0. The number of hydrogen-bond acceptors (Lipinski definition) is 6. The van der Waals surface area contributed by atoms with Gasteiger partial charge in [0.05, 0.1) is 38.6 Å². The molecule has 3 aromatic carbocycles. The molecule has 0 aliphatic carbocycles. The highest BCUT2D eigenvalue weighted by molar-refractivity contribution is 5.83. The molecule has 4 rings (SSSR count). The summed E-state index contributed by atoms with van der Waals surface area (Å²) in [4.78, 5) is 29.0. The topological polar surface area (TPSA) is 74.3 Å². The highest BCUT2D eigenvalue weighted by Crippen LogP contribution is 2.50. The van der Waals surface area contributed by atoms with Crippen LogP contribution in [0.3, 0.4) is 0 Å². The largest absolute Gasteiger partial charge is 0.496 e. The van der Waals surface area contributed by atoms with Crippen molar-refractivity contribution in [3.8, 4) is 16.9 Å². The van der Waals surface area contributed by atoms with Gasteiger partial charge in [0.25, 0.3) is 0 Å². The van der Waals surface area contributed by atoms with Crippen molar-refractivity contribution in [2.45, 2.75) is 72.4 Å². The molecule has 42 heavy (non-hydrogen) atoms. The molecule has 1 fully saturated rings. The van der Waals surface area contributed by atoms with E-state index in [9.17, 15) is 9.59 Å². The van der Waals surface area contributed by atoms with Gasteiger partial charge in [0.1, 0.15) is 11.8 Å². The molecule has 0 radical (unpaired) electrons. The Balaban J connectivity index is 1.82. The zero-order chi connectivity index (χ0) is 30.4. The van der Waals surface area contributed by atoms with E-state index in [1.54, 1.807) is 32.8 Å². The number of benzene rings is 3. The molecule has 1 heterocycles. The first-order valence-corrected chi connectivity index (χ1v) is 14.6. The first-order valence-electron chi connectivity index (χ1n) is 14.6. The molecule has 0 aromatic heterocycles. The molecule has 0 bridgehead atoms. The van der Waals surface area contributed by atoms with Crippen LogP contribution in [0.4, 0.5) is 4.79 Å². The zero-order valence-electron chi connectivity index (χ0n) is 25.7. The fourth-order valence-electron chi connectivity index (χ4n) is 5.91. The third kappa shape index (κ3) is 6.79. The van der Waals surface area contributed by atoms with Crippen molar-refractivity contribution in [3.05, 3.63) is 90.0 Å². The van der Waals surface area contributed by atoms with Crippen molar-refractivity contribution in [2.24, 2.45) is 11.3 Å². The van der Waals surface area contributed by atoms with Crippen molar-refractivity contribution in [3.63, 3.8) is 0 Å². The Bertz CT molecular complexity index is 1330. The minimum Gasteiger partial charge on any atom is -0.496 e. The number of carbonyl (C=O) groups excluding carboxylic acids is 2. The number of esters is 1. The normalized spacial score (nSPS) is 20.4. The van der Waals surface area contributed by atoms with Gasteiger partial charge >= 0.3 is 12.1 Å². The number of carbonyl (C=O) groups is 2. The van der Waals surface area contributed by atoms with Crippen LogP contribution in [0, 0.1) is 11.3 Å². The summed E-state index contributed by atoms with van der Waals surface area (Å²) in [6, 6.07) is 24.4. The Labute approximate surface area is 249 Å². The molecule has 4 atom stereocenters. The van der Waals surface area contributed by atoms with Crippen LogP contribution in [0.5, 0.6) is 5.75 Å². The first kappa shape index (κ1) is 31.1. The molecule has 7 heteroatoms. The van der Waals surface area contributed by atoms with Gasteiger partial charge in [0.2, 0.25) is 0 Å². The number of amides is 1. The van der Waals surface area contributed by atoms with Gasteiger partial charge in [0, 0.05) is 11.5 Å². The highest BCUT2D eigenvalue weighted by atomic mass is 16.6. The van der Waals surface area contributed by atoms with Crippen LogP contribution < -0.4 is 4.74 Å². The molecule has 0 N–H and O–H groups in total. The van der Waals surface area contributed by atoms with Gasteiger partial charge in [-0.2, -0.15) is 0 Å². The van der Waals surface area contributed by atoms with Gasteiger partial charge in [-0.15, -0.1) is 0 Å². The van der Waals surface area contributed by atoms with Crippen LogP contribution in [0.15, 0.2) is 78.9 Å². The molecule has 1 aliphatic rings. The summed E-state index contributed by atoms with van der Waals surface area (Å²) >= 11 is 0. The quantitative estimate of drug-likeness (QED) is 0.248. The second kappa shape index (κ2) is 13.4. The van der Waals surface area contributed by atoms with Crippen LogP contribution >= 0.6 is 0 Å². The van der Waals surface area contributed by atoms with Crippen molar-refractivity contribution in [1.82, 2.24) is 4.90 Å². The van der Waals surface area contributed by atoms with Gasteiger partial charge in [-0.05, 0) is 55.0 Å². The summed E-state index contributed by atoms with van der Waals surface area (Å²) in [6.45, 7) is 12.0. The molecule has 3 aromatic rings. The summed E-state index contributed by atoms with van der Waals surface area (Å²) in [5.74, 6) is -0.159. The van der Waals surface area contributed by atoms with Crippen molar-refractivity contribution >= 4 is 12.1 Å². The number of methoxy groups -OCH3 is 1. The molecule has 224 valence electrons. The second-order valence-corrected chi connectivity index (χ2v) is 12.0. The van der Waals surface area contributed by atoms with E-state index in [4.69, 9.17) is 18.9 Å². The van der Waals surface area contributed by atoms with Crippen LogP contribution in [0.2, 0.25) is 0 Å². The molecule has 1 saturated heterocycles. The third-order valence-corrected chi connectivity index (χ3v) is 7.64. The van der Waals surface area contributed by atoms with Gasteiger partial charge in [0.15, 0.2) is 0 Å². The van der Waals surface area contributed by atoms with Gasteiger partial charge in [-0.1, -0.05) is 87.5 Å². The van der Waals surface area contributed by atoms with Crippen LogP contribution in [-0.2, 0) is 25.6 Å². The predicted molar refractivity (Wildman–Crippen MR) is 163 cm³/mol. The Morgan fingerprint density at radius 2 is 1.55 bits per heavy atom. The van der Waals surface area contributed by atoms with E-state index in [0.29, 0.717) is 5.75 Å². The molecule has 0 spiro atoms. The minimum atomic E-state index is -0.899. The Kier molecular flexibility index (Phi) is 9.94. The third-order valence-electron chi connectivity index (χ3n) is 7.64. The van der Waals surface area contributed by atoms with E-state index in [1.807, 2.05) is 60.7 Å².